The first-order valence-corrected chi connectivity index (χ1v) is 9.25. The number of nitrogens with zero attached hydrogens (tertiary/aromatic N) is 2. The number of benzene rings is 1. The zero-order valence-electron chi connectivity index (χ0n) is 14.5. The molecule has 0 unspecified atom stereocenters. The van der Waals surface area contributed by atoms with Crippen LogP contribution in [0.2, 0.25) is 0 Å². The molecule has 130 valence electrons. The molecule has 2 fully saturated rings. The average molecular weight is 335 g/mol. The summed E-state index contributed by atoms with van der Waals surface area (Å²) in [5, 5.41) is 3.04. The van der Waals surface area contributed by atoms with Crippen LogP contribution in [-0.4, -0.2) is 28.9 Å². The van der Waals surface area contributed by atoms with Crippen LogP contribution in [0.4, 0.5) is 0 Å². The summed E-state index contributed by atoms with van der Waals surface area (Å²) in [4.78, 5) is 19.0. The molecule has 4 nitrogen and oxygen atoms in total. The molecule has 2 aliphatic rings. The number of carbonyl (C=O) groups is 1. The predicted octanol–water partition coefficient (Wildman–Crippen LogP) is 3.10. The van der Waals surface area contributed by atoms with Gasteiger partial charge in [-0.25, -0.2) is 0 Å². The van der Waals surface area contributed by atoms with Crippen molar-refractivity contribution in [3.63, 3.8) is 0 Å². The maximum absolute atomic E-state index is 12.5. The van der Waals surface area contributed by atoms with E-state index in [4.69, 9.17) is 0 Å². The Hall–Kier alpha value is -2.20. The zero-order valence-corrected chi connectivity index (χ0v) is 14.5. The first-order valence-electron chi connectivity index (χ1n) is 9.25. The second kappa shape index (κ2) is 6.96. The highest BCUT2D eigenvalue weighted by Gasteiger charge is 2.55. The lowest BCUT2D eigenvalue weighted by atomic mass is 9.62. The van der Waals surface area contributed by atoms with Gasteiger partial charge in [0.2, 0.25) is 5.91 Å². The Bertz CT molecular complexity index is 718. The van der Waals surface area contributed by atoms with Gasteiger partial charge >= 0.3 is 0 Å². The Balaban J connectivity index is 1.44. The number of pyridine rings is 1. The summed E-state index contributed by atoms with van der Waals surface area (Å²) in [6.45, 7) is 2.06. The smallest absolute Gasteiger partial charge is 0.234 e. The largest absolute Gasteiger partial charge is 0.351 e. The van der Waals surface area contributed by atoms with Gasteiger partial charge in [-0.05, 0) is 36.0 Å². The van der Waals surface area contributed by atoms with Crippen molar-refractivity contribution >= 4 is 5.91 Å². The Morgan fingerprint density at radius 2 is 2.08 bits per heavy atom. The molecule has 1 aromatic heterocycles. The van der Waals surface area contributed by atoms with Crippen LogP contribution >= 0.6 is 0 Å². The highest BCUT2D eigenvalue weighted by Crippen LogP contribution is 2.53. The van der Waals surface area contributed by atoms with E-state index in [1.54, 1.807) is 12.4 Å². The molecule has 1 N–H and O–H groups in total. The van der Waals surface area contributed by atoms with E-state index in [-0.39, 0.29) is 11.4 Å². The topological polar surface area (TPSA) is 45.2 Å². The summed E-state index contributed by atoms with van der Waals surface area (Å²) in [5.74, 6) is 0.790. The van der Waals surface area contributed by atoms with Crippen LogP contribution in [0.1, 0.15) is 36.8 Å². The van der Waals surface area contributed by atoms with E-state index in [2.05, 4.69) is 45.5 Å². The van der Waals surface area contributed by atoms with Gasteiger partial charge in [0.05, 0.1) is 12.1 Å². The standard InChI is InChI=1S/C21H25N3O/c25-20(23-14-17-7-6-12-22-13-17)16-24-15-19-10-4-5-11-21(19,24)18-8-2-1-3-9-18/h1-3,6-9,12-13,19H,4-5,10-11,14-16H2,(H,23,25)/t19-,21-/m0/s1. The molecule has 1 saturated carbocycles. The van der Waals surface area contributed by atoms with E-state index >= 15 is 0 Å². The lowest BCUT2D eigenvalue weighted by Gasteiger charge is -2.61. The Morgan fingerprint density at radius 3 is 2.84 bits per heavy atom. The van der Waals surface area contributed by atoms with Gasteiger partial charge in [0, 0.05) is 25.5 Å². The Kier molecular flexibility index (Phi) is 4.53. The molecule has 0 spiro atoms. The van der Waals surface area contributed by atoms with Gasteiger partial charge in [0.25, 0.3) is 0 Å². The van der Waals surface area contributed by atoms with Crippen molar-refractivity contribution in [2.75, 3.05) is 13.1 Å². The van der Waals surface area contributed by atoms with Gasteiger partial charge in [0.1, 0.15) is 0 Å². The van der Waals surface area contributed by atoms with Crippen LogP contribution in [0.3, 0.4) is 0 Å². The number of fused-ring (bicyclic) bond motifs is 1. The summed E-state index contributed by atoms with van der Waals surface area (Å²) in [6.07, 6.45) is 8.56. The van der Waals surface area contributed by atoms with Gasteiger partial charge < -0.3 is 5.32 Å². The quantitative estimate of drug-likeness (QED) is 0.913. The van der Waals surface area contributed by atoms with Crippen molar-refractivity contribution in [1.82, 2.24) is 15.2 Å². The van der Waals surface area contributed by atoms with E-state index < -0.39 is 0 Å². The van der Waals surface area contributed by atoms with Gasteiger partial charge in [-0.2, -0.15) is 0 Å². The lowest BCUT2D eigenvalue weighted by Crippen LogP contribution is -2.67. The first kappa shape index (κ1) is 16.3. The second-order valence-electron chi connectivity index (χ2n) is 7.25. The zero-order chi connectivity index (χ0) is 17.1. The number of likely N-dealkylation sites (tertiary alicyclic amines) is 1. The molecule has 1 aromatic carbocycles. The number of rotatable bonds is 5. The van der Waals surface area contributed by atoms with Crippen LogP contribution in [0.15, 0.2) is 54.9 Å². The molecule has 4 heteroatoms. The van der Waals surface area contributed by atoms with Gasteiger partial charge in [0.15, 0.2) is 0 Å². The van der Waals surface area contributed by atoms with E-state index in [9.17, 15) is 4.79 Å². The van der Waals surface area contributed by atoms with Crippen LogP contribution in [0.5, 0.6) is 0 Å². The third-order valence-corrected chi connectivity index (χ3v) is 5.86. The van der Waals surface area contributed by atoms with Crippen molar-refractivity contribution in [3.05, 3.63) is 66.0 Å². The summed E-state index contributed by atoms with van der Waals surface area (Å²) in [7, 11) is 0. The fourth-order valence-electron chi connectivity index (χ4n) is 4.63. The average Bonchev–Trinajstić information content (AvgIpc) is 2.66. The maximum atomic E-state index is 12.5. The van der Waals surface area contributed by atoms with Crippen molar-refractivity contribution in [1.29, 1.82) is 0 Å². The number of hydrogen-bond acceptors (Lipinski definition) is 3. The monoisotopic (exact) mass is 335 g/mol. The number of carbonyl (C=O) groups excluding carboxylic acids is 1. The molecule has 0 bridgehead atoms. The summed E-state index contributed by atoms with van der Waals surface area (Å²) < 4.78 is 0. The van der Waals surface area contributed by atoms with Crippen LogP contribution in [-0.2, 0) is 16.9 Å². The fraction of sp³-hybridized carbons (Fsp3) is 0.429. The minimum Gasteiger partial charge on any atom is -0.351 e. The number of hydrogen-bond donors (Lipinski definition) is 1. The van der Waals surface area contributed by atoms with Gasteiger partial charge in [-0.1, -0.05) is 49.2 Å². The lowest BCUT2D eigenvalue weighted by molar-refractivity contribution is -0.142. The van der Waals surface area contributed by atoms with E-state index in [1.807, 2.05) is 12.1 Å². The fourth-order valence-corrected chi connectivity index (χ4v) is 4.63. The number of aromatic nitrogens is 1. The van der Waals surface area contributed by atoms with E-state index in [0.717, 1.165) is 18.5 Å². The third kappa shape index (κ3) is 3.07. The van der Waals surface area contributed by atoms with E-state index in [0.29, 0.717) is 19.0 Å². The normalized spacial score (nSPS) is 25.7. The molecule has 1 amide bonds. The predicted molar refractivity (Wildman–Crippen MR) is 97.7 cm³/mol. The molecule has 2 heterocycles. The molecular weight excluding hydrogens is 310 g/mol. The molecule has 1 aliphatic heterocycles. The van der Waals surface area contributed by atoms with Crippen molar-refractivity contribution < 1.29 is 4.79 Å². The number of amides is 1. The summed E-state index contributed by atoms with van der Waals surface area (Å²) >= 11 is 0. The van der Waals surface area contributed by atoms with Crippen LogP contribution < -0.4 is 5.32 Å². The molecule has 2 aromatic rings. The van der Waals surface area contributed by atoms with E-state index in [1.165, 1.54) is 24.8 Å². The van der Waals surface area contributed by atoms with Crippen LogP contribution in [0.25, 0.3) is 0 Å². The maximum Gasteiger partial charge on any atom is 0.234 e. The van der Waals surface area contributed by atoms with Gasteiger partial charge in [-0.3, -0.25) is 14.7 Å². The van der Waals surface area contributed by atoms with Crippen molar-refractivity contribution in [3.8, 4) is 0 Å². The first-order chi connectivity index (χ1) is 12.3. The molecule has 0 radical (unpaired) electrons. The molecule has 1 saturated heterocycles. The van der Waals surface area contributed by atoms with Gasteiger partial charge in [-0.15, -0.1) is 0 Å². The molecule has 2 atom stereocenters. The highest BCUT2D eigenvalue weighted by molar-refractivity contribution is 5.78. The SMILES string of the molecule is O=C(CN1C[C@@H]2CCCC[C@]21c1ccccc1)NCc1cccnc1. The molecule has 4 rings (SSSR count). The third-order valence-electron chi connectivity index (χ3n) is 5.86. The second-order valence-corrected chi connectivity index (χ2v) is 7.25. The Morgan fingerprint density at radius 1 is 1.20 bits per heavy atom. The van der Waals surface area contributed by atoms with Crippen molar-refractivity contribution in [2.45, 2.75) is 37.8 Å². The van der Waals surface area contributed by atoms with Crippen LogP contribution in [0, 0.1) is 5.92 Å². The molecular formula is C21H25N3O. The summed E-state index contributed by atoms with van der Waals surface area (Å²) in [6, 6.07) is 14.7. The molecule has 25 heavy (non-hydrogen) atoms. The van der Waals surface area contributed by atoms with Crippen molar-refractivity contribution in [2.24, 2.45) is 5.92 Å². The molecule has 1 aliphatic carbocycles. The Labute approximate surface area is 149 Å². The highest BCUT2D eigenvalue weighted by atomic mass is 16.2. The minimum atomic E-state index is 0.0746. The number of nitrogens with one attached hydrogen (secondary N) is 1. The minimum absolute atomic E-state index is 0.0746. The summed E-state index contributed by atoms with van der Waals surface area (Å²) in [5.41, 5.74) is 2.49.